The van der Waals surface area contributed by atoms with Crippen LogP contribution in [0.25, 0.3) is 11.0 Å². The Hall–Kier alpha value is -1.83. The van der Waals surface area contributed by atoms with Gasteiger partial charge in [-0.3, -0.25) is 0 Å². The molecule has 0 fully saturated rings. The number of fused-ring (bicyclic) bond motifs is 1. The highest BCUT2D eigenvalue weighted by Crippen LogP contribution is 2.30. The van der Waals surface area contributed by atoms with Crippen LogP contribution in [0.5, 0.6) is 0 Å². The van der Waals surface area contributed by atoms with Crippen molar-refractivity contribution < 1.29 is 13.2 Å². The molecular weight excluding hydrogens is 253 g/mol. The van der Waals surface area contributed by atoms with Gasteiger partial charge in [0.05, 0.1) is 11.2 Å². The number of rotatable bonds is 1. The van der Waals surface area contributed by atoms with Crippen molar-refractivity contribution in [3.63, 3.8) is 0 Å². The number of benzene rings is 1. The summed E-state index contributed by atoms with van der Waals surface area (Å²) in [5.74, 6) is -1.05. The molecule has 4 nitrogen and oxygen atoms in total. The molecule has 0 radical (unpaired) electrons. The lowest BCUT2D eigenvalue weighted by Crippen LogP contribution is -2.19. The molecule has 8 heteroatoms. The molecule has 0 saturated heterocycles. The molecule has 2 aromatic rings. The summed E-state index contributed by atoms with van der Waals surface area (Å²) < 4.78 is 37.4. The minimum Gasteiger partial charge on any atom is -0.376 e. The van der Waals surface area contributed by atoms with Crippen LogP contribution < -0.4 is 11.1 Å². The van der Waals surface area contributed by atoms with Gasteiger partial charge in [-0.25, -0.2) is 4.98 Å². The Labute approximate surface area is 99.0 Å². The van der Waals surface area contributed by atoms with E-state index in [0.29, 0.717) is 5.69 Å². The van der Waals surface area contributed by atoms with E-state index in [-0.39, 0.29) is 16.1 Å². The number of para-hydroxylation sites is 1. The lowest BCUT2D eigenvalue weighted by atomic mass is 10.3. The fourth-order valence-corrected chi connectivity index (χ4v) is 1.51. The number of anilines is 1. The van der Waals surface area contributed by atoms with Gasteiger partial charge in [0.2, 0.25) is 5.82 Å². The van der Waals surface area contributed by atoms with Crippen LogP contribution in [-0.4, -0.2) is 15.1 Å². The predicted molar refractivity (Wildman–Crippen MR) is 61.5 cm³/mol. The Morgan fingerprint density at radius 1 is 1.41 bits per heavy atom. The molecule has 0 spiro atoms. The predicted octanol–water partition coefficient (Wildman–Crippen LogP) is 2.24. The van der Waals surface area contributed by atoms with Gasteiger partial charge in [0.1, 0.15) is 5.52 Å². The number of aromatic amines is 1. The number of imidazole rings is 1. The summed E-state index contributed by atoms with van der Waals surface area (Å²) in [5.41, 5.74) is 6.01. The number of H-pyrrole nitrogens is 1. The van der Waals surface area contributed by atoms with Gasteiger partial charge in [0.15, 0.2) is 5.11 Å². The maximum absolute atomic E-state index is 12.5. The van der Waals surface area contributed by atoms with Crippen molar-refractivity contribution in [3.05, 3.63) is 24.0 Å². The second kappa shape index (κ2) is 3.88. The second-order valence-corrected chi connectivity index (χ2v) is 3.71. The molecule has 0 aliphatic heterocycles. The van der Waals surface area contributed by atoms with Crippen LogP contribution in [0.2, 0.25) is 0 Å². The van der Waals surface area contributed by atoms with Crippen molar-refractivity contribution in [3.8, 4) is 0 Å². The van der Waals surface area contributed by atoms with Gasteiger partial charge < -0.3 is 16.0 Å². The van der Waals surface area contributed by atoms with Crippen molar-refractivity contribution in [2.45, 2.75) is 6.18 Å². The number of nitrogens with one attached hydrogen (secondary N) is 2. The number of thiocarbonyl (C=S) groups is 1. The minimum absolute atomic E-state index is 0.0333. The molecule has 0 atom stereocenters. The zero-order valence-electron chi connectivity index (χ0n) is 8.30. The molecule has 17 heavy (non-hydrogen) atoms. The minimum atomic E-state index is -4.51. The molecule has 1 aromatic heterocycles. The Kier molecular flexibility index (Phi) is 2.66. The molecule has 0 amide bonds. The van der Waals surface area contributed by atoms with Crippen LogP contribution in [0.15, 0.2) is 18.2 Å². The SMILES string of the molecule is NC(=S)Nc1cccc2[nH]c(C(F)(F)F)nc12. The molecule has 1 aromatic carbocycles. The van der Waals surface area contributed by atoms with Crippen LogP contribution in [0.3, 0.4) is 0 Å². The lowest BCUT2D eigenvalue weighted by Gasteiger charge is -2.03. The van der Waals surface area contributed by atoms with E-state index in [1.54, 1.807) is 12.1 Å². The van der Waals surface area contributed by atoms with Gasteiger partial charge in [-0.2, -0.15) is 13.2 Å². The topological polar surface area (TPSA) is 66.7 Å². The number of nitrogens with zero attached hydrogens (tertiary/aromatic N) is 1. The first-order chi connectivity index (χ1) is 7.88. The molecule has 0 bridgehead atoms. The molecule has 4 N–H and O–H groups in total. The lowest BCUT2D eigenvalue weighted by molar-refractivity contribution is -0.144. The van der Waals surface area contributed by atoms with Crippen molar-refractivity contribution in [1.29, 1.82) is 0 Å². The Balaban J connectivity index is 2.57. The quantitative estimate of drug-likeness (QED) is 0.688. The average molecular weight is 260 g/mol. The zero-order valence-corrected chi connectivity index (χ0v) is 9.12. The van der Waals surface area contributed by atoms with Gasteiger partial charge in [0.25, 0.3) is 0 Å². The number of halogens is 3. The van der Waals surface area contributed by atoms with Crippen LogP contribution in [-0.2, 0) is 6.18 Å². The summed E-state index contributed by atoms with van der Waals surface area (Å²) in [6.07, 6.45) is -4.51. The summed E-state index contributed by atoms with van der Waals surface area (Å²) in [7, 11) is 0. The Morgan fingerprint density at radius 3 is 2.71 bits per heavy atom. The van der Waals surface area contributed by atoms with Crippen molar-refractivity contribution in [2.24, 2.45) is 5.73 Å². The highest BCUT2D eigenvalue weighted by Gasteiger charge is 2.35. The van der Waals surface area contributed by atoms with Crippen LogP contribution in [0, 0.1) is 0 Å². The molecule has 2 rings (SSSR count). The normalized spacial score (nSPS) is 11.7. The molecule has 0 unspecified atom stereocenters. The van der Waals surface area contributed by atoms with Gasteiger partial charge in [-0.15, -0.1) is 0 Å². The summed E-state index contributed by atoms with van der Waals surface area (Å²) >= 11 is 4.63. The van der Waals surface area contributed by atoms with Crippen molar-refractivity contribution in [1.82, 2.24) is 9.97 Å². The molecular formula is C9H7F3N4S. The summed E-state index contributed by atoms with van der Waals surface area (Å²) in [6, 6.07) is 4.60. The third kappa shape index (κ3) is 2.31. The largest absolute Gasteiger partial charge is 0.449 e. The van der Waals surface area contributed by atoms with Gasteiger partial charge in [0, 0.05) is 0 Å². The maximum atomic E-state index is 12.5. The van der Waals surface area contributed by atoms with Gasteiger partial charge in [-0.05, 0) is 24.4 Å². The Morgan fingerprint density at radius 2 is 2.12 bits per heavy atom. The van der Waals surface area contributed by atoms with E-state index < -0.39 is 12.0 Å². The van der Waals surface area contributed by atoms with Gasteiger partial charge in [-0.1, -0.05) is 6.07 Å². The highest BCUT2D eigenvalue weighted by molar-refractivity contribution is 7.80. The van der Waals surface area contributed by atoms with E-state index in [1.165, 1.54) is 6.07 Å². The van der Waals surface area contributed by atoms with Crippen molar-refractivity contribution in [2.75, 3.05) is 5.32 Å². The van der Waals surface area contributed by atoms with Gasteiger partial charge >= 0.3 is 6.18 Å². The first kappa shape index (κ1) is 11.6. The van der Waals surface area contributed by atoms with E-state index in [0.717, 1.165) is 0 Å². The van der Waals surface area contributed by atoms with Crippen LogP contribution >= 0.6 is 12.2 Å². The van der Waals surface area contributed by atoms with E-state index >= 15 is 0 Å². The molecule has 1 heterocycles. The fourth-order valence-electron chi connectivity index (χ4n) is 1.40. The fraction of sp³-hybridized carbons (Fsp3) is 0.111. The van der Waals surface area contributed by atoms with E-state index in [4.69, 9.17) is 5.73 Å². The number of nitrogens with two attached hydrogens (primary N) is 1. The third-order valence-corrected chi connectivity index (χ3v) is 2.14. The second-order valence-electron chi connectivity index (χ2n) is 3.27. The number of hydrogen-bond donors (Lipinski definition) is 3. The number of alkyl halides is 3. The zero-order chi connectivity index (χ0) is 12.6. The summed E-state index contributed by atoms with van der Waals surface area (Å²) in [4.78, 5) is 5.67. The van der Waals surface area contributed by atoms with Crippen molar-refractivity contribution >= 4 is 34.1 Å². The summed E-state index contributed by atoms with van der Waals surface area (Å²) in [6.45, 7) is 0. The standard InChI is InChI=1S/C9H7F3N4S/c10-9(11,12)7-14-4-2-1-3-5(6(4)16-7)15-8(13)17/h1-3H,(H,14,16)(H3,13,15,17). The van der Waals surface area contributed by atoms with Crippen LogP contribution in [0.4, 0.5) is 18.9 Å². The molecule has 0 aliphatic carbocycles. The Bertz CT molecular complexity index is 575. The van der Waals surface area contributed by atoms with Crippen LogP contribution in [0.1, 0.15) is 5.82 Å². The average Bonchev–Trinajstić information content (AvgIpc) is 2.60. The van der Waals surface area contributed by atoms with E-state index in [9.17, 15) is 13.2 Å². The number of aromatic nitrogens is 2. The summed E-state index contributed by atoms with van der Waals surface area (Å²) in [5, 5.41) is 2.54. The molecule has 0 saturated carbocycles. The third-order valence-electron chi connectivity index (χ3n) is 2.04. The number of hydrogen-bond acceptors (Lipinski definition) is 2. The smallest absolute Gasteiger partial charge is 0.376 e. The molecule has 0 aliphatic rings. The first-order valence-corrected chi connectivity index (χ1v) is 4.91. The highest BCUT2D eigenvalue weighted by atomic mass is 32.1. The van der Waals surface area contributed by atoms with E-state index in [2.05, 4.69) is 27.5 Å². The monoisotopic (exact) mass is 260 g/mol. The first-order valence-electron chi connectivity index (χ1n) is 4.50. The maximum Gasteiger partial charge on any atom is 0.449 e. The molecule has 90 valence electrons. The van der Waals surface area contributed by atoms with E-state index in [1.807, 2.05) is 0 Å².